The molecule has 0 spiro atoms. The highest BCUT2D eigenvalue weighted by Gasteiger charge is 2.05. The second kappa shape index (κ2) is 5.56. The van der Waals surface area contributed by atoms with Crippen LogP contribution in [-0.2, 0) is 0 Å². The highest BCUT2D eigenvalue weighted by molar-refractivity contribution is 5.93. The van der Waals surface area contributed by atoms with Crippen molar-refractivity contribution in [2.45, 2.75) is 0 Å². The van der Waals surface area contributed by atoms with E-state index in [-0.39, 0.29) is 18.3 Å². The monoisotopic (exact) mass is 200 g/mol. The van der Waals surface area contributed by atoms with E-state index >= 15 is 0 Å². The van der Waals surface area contributed by atoms with Crippen LogP contribution < -0.4 is 22.8 Å². The third-order valence-electron chi connectivity index (χ3n) is 1.40. The average Bonchev–Trinajstić information content (AvgIpc) is 2.05. The first kappa shape index (κ1) is 11.9. The van der Waals surface area contributed by atoms with Crippen LogP contribution in [0.3, 0.4) is 0 Å². The molecule has 4 heteroatoms. The lowest BCUT2D eigenvalue weighted by molar-refractivity contribution is -0.895. The Morgan fingerprint density at radius 2 is 1.77 bits per heavy atom. The number of carbonyl (C=O) groups is 1. The number of carbonyl (C=O) groups excluding carboxylic acids is 1. The molecular weight excluding hydrogens is 188 g/mol. The smallest absolute Gasteiger partial charge is 0.295 e. The van der Waals surface area contributed by atoms with Crippen LogP contribution in [0.2, 0.25) is 0 Å². The first-order valence-electron chi connectivity index (χ1n) is 3.86. The number of nitrogens with one attached hydrogen (secondary N) is 2. The minimum Gasteiger partial charge on any atom is -1.00 e. The second-order valence-corrected chi connectivity index (χ2v) is 2.82. The van der Waals surface area contributed by atoms with Crippen LogP contribution in [-0.4, -0.2) is 20.0 Å². The molecule has 2 N–H and O–H groups in total. The van der Waals surface area contributed by atoms with Gasteiger partial charge in [-0.1, -0.05) is 18.2 Å². The van der Waals surface area contributed by atoms with Crippen LogP contribution in [0.4, 0.5) is 0 Å². The number of rotatable bonds is 2. The molecule has 1 aromatic carbocycles. The Morgan fingerprint density at radius 3 is 2.23 bits per heavy atom. The Labute approximate surface area is 84.1 Å². The van der Waals surface area contributed by atoms with Gasteiger partial charge in [-0.15, -0.1) is 0 Å². The fourth-order valence-electron chi connectivity index (χ4n) is 0.889. The summed E-state index contributed by atoms with van der Waals surface area (Å²) in [4.78, 5) is 11.3. The number of hydrogen-bond donors (Lipinski definition) is 2. The van der Waals surface area contributed by atoms with Crippen molar-refractivity contribution in [1.82, 2.24) is 5.43 Å². The maximum Gasteiger partial charge on any atom is 0.295 e. The van der Waals surface area contributed by atoms with Gasteiger partial charge in [0.2, 0.25) is 0 Å². The number of hydrogen-bond acceptors (Lipinski definition) is 1. The van der Waals surface area contributed by atoms with E-state index < -0.39 is 0 Å². The third kappa shape index (κ3) is 3.92. The fourth-order valence-corrected chi connectivity index (χ4v) is 0.889. The Morgan fingerprint density at radius 1 is 1.23 bits per heavy atom. The first-order chi connectivity index (χ1) is 5.70. The van der Waals surface area contributed by atoms with Gasteiger partial charge in [0, 0.05) is 5.56 Å². The van der Waals surface area contributed by atoms with Gasteiger partial charge in [0.25, 0.3) is 5.91 Å². The van der Waals surface area contributed by atoms with E-state index in [9.17, 15) is 4.79 Å². The summed E-state index contributed by atoms with van der Waals surface area (Å²) in [6, 6.07) is 9.16. The maximum absolute atomic E-state index is 11.3. The summed E-state index contributed by atoms with van der Waals surface area (Å²) in [7, 11) is 3.72. The summed E-state index contributed by atoms with van der Waals surface area (Å²) < 4.78 is 0. The van der Waals surface area contributed by atoms with E-state index in [1.54, 1.807) is 12.1 Å². The van der Waals surface area contributed by atoms with Gasteiger partial charge in [0.15, 0.2) is 0 Å². The largest absolute Gasteiger partial charge is 1.00 e. The molecule has 3 nitrogen and oxygen atoms in total. The summed E-state index contributed by atoms with van der Waals surface area (Å²) in [5.74, 6) is -0.0457. The van der Waals surface area contributed by atoms with Gasteiger partial charge in [0.1, 0.15) is 0 Å². The van der Waals surface area contributed by atoms with Gasteiger partial charge in [-0.05, 0) is 12.1 Å². The molecule has 0 radical (unpaired) electrons. The zero-order valence-electron chi connectivity index (χ0n) is 7.67. The maximum atomic E-state index is 11.3. The van der Waals surface area contributed by atoms with E-state index in [0.29, 0.717) is 5.56 Å². The van der Waals surface area contributed by atoms with Crippen LogP contribution in [0.25, 0.3) is 0 Å². The minimum atomic E-state index is -0.0457. The number of benzene rings is 1. The molecule has 0 aliphatic carbocycles. The fraction of sp³-hybridized carbons (Fsp3) is 0.222. The summed E-state index contributed by atoms with van der Waals surface area (Å²) in [6.07, 6.45) is 0. The lowest BCUT2D eigenvalue weighted by atomic mass is 10.2. The van der Waals surface area contributed by atoms with Gasteiger partial charge in [-0.25, -0.2) is 5.01 Å². The molecule has 0 aliphatic heterocycles. The van der Waals surface area contributed by atoms with E-state index in [4.69, 9.17) is 0 Å². The van der Waals surface area contributed by atoms with Crippen molar-refractivity contribution >= 4 is 5.91 Å². The minimum absolute atomic E-state index is 0. The van der Waals surface area contributed by atoms with Crippen molar-refractivity contribution in [3.63, 3.8) is 0 Å². The Hall–Kier alpha value is -1.06. The highest BCUT2D eigenvalue weighted by atomic mass is 35.5. The van der Waals surface area contributed by atoms with E-state index in [0.717, 1.165) is 5.01 Å². The van der Waals surface area contributed by atoms with Gasteiger partial charge in [-0.3, -0.25) is 4.79 Å². The summed E-state index contributed by atoms with van der Waals surface area (Å²) in [5, 5.41) is 0.906. The van der Waals surface area contributed by atoms with Crippen LogP contribution in [0.5, 0.6) is 0 Å². The lowest BCUT2D eigenvalue weighted by Gasteiger charge is -2.07. The van der Waals surface area contributed by atoms with Crippen LogP contribution in [0.1, 0.15) is 10.4 Å². The summed E-state index contributed by atoms with van der Waals surface area (Å²) in [5.41, 5.74) is 3.43. The molecular formula is C9H13ClN2O. The molecule has 0 aromatic heterocycles. The molecule has 0 saturated heterocycles. The van der Waals surface area contributed by atoms with Crippen molar-refractivity contribution < 1.29 is 22.2 Å². The van der Waals surface area contributed by atoms with Crippen molar-refractivity contribution in [2.75, 3.05) is 14.1 Å². The predicted octanol–water partition coefficient (Wildman–Crippen LogP) is -3.52. The molecule has 13 heavy (non-hydrogen) atoms. The summed E-state index contributed by atoms with van der Waals surface area (Å²) in [6.45, 7) is 0. The SMILES string of the molecule is C[NH+](C)NC(=O)c1ccccc1.[Cl-]. The molecule has 0 aliphatic rings. The first-order valence-corrected chi connectivity index (χ1v) is 3.86. The Balaban J connectivity index is 0.00000144. The zero-order valence-corrected chi connectivity index (χ0v) is 8.43. The van der Waals surface area contributed by atoms with Crippen LogP contribution in [0.15, 0.2) is 30.3 Å². The second-order valence-electron chi connectivity index (χ2n) is 2.82. The van der Waals surface area contributed by atoms with Gasteiger partial charge >= 0.3 is 0 Å². The molecule has 72 valence electrons. The highest BCUT2D eigenvalue weighted by Crippen LogP contribution is 1.95. The molecule has 0 saturated carbocycles. The zero-order chi connectivity index (χ0) is 8.97. The molecule has 1 amide bonds. The molecule has 1 aromatic rings. The molecule has 1 rings (SSSR count). The molecule has 0 atom stereocenters. The number of halogens is 1. The predicted molar refractivity (Wildman–Crippen MR) is 46.7 cm³/mol. The molecule has 0 heterocycles. The van der Waals surface area contributed by atoms with Crippen molar-refractivity contribution in [3.05, 3.63) is 35.9 Å². The van der Waals surface area contributed by atoms with E-state index in [1.807, 2.05) is 32.3 Å². The summed E-state index contributed by atoms with van der Waals surface area (Å²) >= 11 is 0. The lowest BCUT2D eigenvalue weighted by Crippen LogP contribution is -3.13. The van der Waals surface area contributed by atoms with E-state index in [1.165, 1.54) is 0 Å². The van der Waals surface area contributed by atoms with Crippen LogP contribution in [0, 0.1) is 0 Å². The average molecular weight is 201 g/mol. The van der Waals surface area contributed by atoms with Gasteiger partial charge in [-0.2, -0.15) is 5.43 Å². The van der Waals surface area contributed by atoms with Gasteiger partial charge < -0.3 is 12.4 Å². The van der Waals surface area contributed by atoms with Crippen molar-refractivity contribution in [2.24, 2.45) is 0 Å². The standard InChI is InChI=1S/C9H12N2O.ClH/c1-11(2)10-9(12)8-6-4-3-5-7-8;/h3-7H,1-2H3,(H,10,12);1H. The van der Waals surface area contributed by atoms with E-state index in [2.05, 4.69) is 5.43 Å². The van der Waals surface area contributed by atoms with Crippen LogP contribution >= 0.6 is 0 Å². The van der Waals surface area contributed by atoms with Crippen molar-refractivity contribution in [1.29, 1.82) is 0 Å². The molecule has 0 unspecified atom stereocenters. The molecule has 0 bridgehead atoms. The van der Waals surface area contributed by atoms with Crippen molar-refractivity contribution in [3.8, 4) is 0 Å². The Bertz CT molecular complexity index is 262. The van der Waals surface area contributed by atoms with Gasteiger partial charge in [0.05, 0.1) is 14.1 Å². The quantitative estimate of drug-likeness (QED) is 0.477. The normalized spacial score (nSPS) is 9.15. The number of amides is 1. The molecule has 0 fully saturated rings. The topological polar surface area (TPSA) is 33.5 Å². The Kier molecular flexibility index (Phi) is 5.11. The number of quaternary nitrogens is 1. The third-order valence-corrected chi connectivity index (χ3v) is 1.40.